The standard InChI is InChI=1S/C24H25NO4/c1-28-21-10-4-3-8-17(21)9-7-11-22-23(27)18-12-13-20(26)19(24(18)29-22)16-25-14-5-2-6-15-25/h3-4,7-13,26H,2,5-6,14-16H2,1H3/b9-7+,22-11+. The molecule has 0 saturated carbocycles. The molecule has 1 N–H and O–H groups in total. The average molecular weight is 391 g/mol. The summed E-state index contributed by atoms with van der Waals surface area (Å²) in [4.78, 5) is 15.1. The number of Topliss-reactive ketones (excluding diaryl/α,β-unsaturated/α-hetero) is 1. The highest BCUT2D eigenvalue weighted by Gasteiger charge is 2.31. The number of likely N-dealkylation sites (tertiary alicyclic amines) is 1. The van der Waals surface area contributed by atoms with Crippen molar-refractivity contribution >= 4 is 11.9 Å². The second-order valence-electron chi connectivity index (χ2n) is 7.34. The maximum Gasteiger partial charge on any atom is 0.231 e. The van der Waals surface area contributed by atoms with Crippen LogP contribution in [0.2, 0.25) is 0 Å². The van der Waals surface area contributed by atoms with Gasteiger partial charge in [0.15, 0.2) is 5.76 Å². The number of methoxy groups -OCH3 is 1. The molecule has 4 rings (SSSR count). The van der Waals surface area contributed by atoms with Crippen molar-refractivity contribution in [3.8, 4) is 17.2 Å². The first kappa shape index (κ1) is 19.3. The Morgan fingerprint density at radius 3 is 2.72 bits per heavy atom. The molecule has 2 aromatic rings. The quantitative estimate of drug-likeness (QED) is 0.757. The summed E-state index contributed by atoms with van der Waals surface area (Å²) in [6.07, 6.45) is 8.88. The van der Waals surface area contributed by atoms with Gasteiger partial charge in [0, 0.05) is 12.1 Å². The summed E-state index contributed by atoms with van der Waals surface area (Å²) in [6.45, 7) is 2.59. The number of carbonyl (C=O) groups is 1. The molecule has 2 aliphatic rings. The van der Waals surface area contributed by atoms with Crippen LogP contribution < -0.4 is 9.47 Å². The number of phenolic OH excluding ortho intramolecular Hbond substituents is 1. The van der Waals surface area contributed by atoms with Gasteiger partial charge in [-0.1, -0.05) is 36.8 Å². The number of aromatic hydroxyl groups is 1. The highest BCUT2D eigenvalue weighted by molar-refractivity contribution is 6.12. The minimum absolute atomic E-state index is 0.162. The number of hydrogen-bond acceptors (Lipinski definition) is 5. The Hall–Kier alpha value is -3.05. The van der Waals surface area contributed by atoms with Gasteiger partial charge in [-0.15, -0.1) is 0 Å². The highest BCUT2D eigenvalue weighted by Crippen LogP contribution is 2.40. The van der Waals surface area contributed by atoms with Crippen LogP contribution in [0.5, 0.6) is 17.2 Å². The molecule has 0 unspecified atom stereocenters. The summed E-state index contributed by atoms with van der Waals surface area (Å²) in [5, 5.41) is 10.4. The second kappa shape index (κ2) is 8.53. The van der Waals surface area contributed by atoms with Crippen LogP contribution in [0.3, 0.4) is 0 Å². The van der Waals surface area contributed by atoms with Crippen LogP contribution in [0.15, 0.2) is 54.3 Å². The molecule has 29 heavy (non-hydrogen) atoms. The molecule has 0 bridgehead atoms. The molecule has 5 nitrogen and oxygen atoms in total. The van der Waals surface area contributed by atoms with E-state index in [1.807, 2.05) is 30.3 Å². The van der Waals surface area contributed by atoms with Crippen molar-refractivity contribution in [2.45, 2.75) is 25.8 Å². The van der Waals surface area contributed by atoms with E-state index in [9.17, 15) is 9.90 Å². The number of piperidine rings is 1. The number of hydrogen-bond donors (Lipinski definition) is 1. The zero-order valence-corrected chi connectivity index (χ0v) is 16.6. The zero-order chi connectivity index (χ0) is 20.2. The number of rotatable bonds is 5. The van der Waals surface area contributed by atoms with Crippen molar-refractivity contribution in [1.29, 1.82) is 0 Å². The number of nitrogens with zero attached hydrogens (tertiary/aromatic N) is 1. The first-order valence-electron chi connectivity index (χ1n) is 9.98. The van der Waals surface area contributed by atoms with Crippen molar-refractivity contribution in [2.75, 3.05) is 20.2 Å². The molecule has 0 atom stereocenters. The summed E-state index contributed by atoms with van der Waals surface area (Å²) in [6, 6.07) is 10.9. The Balaban J connectivity index is 1.57. The third kappa shape index (κ3) is 4.05. The van der Waals surface area contributed by atoms with Crippen molar-refractivity contribution in [1.82, 2.24) is 4.90 Å². The van der Waals surface area contributed by atoms with Gasteiger partial charge >= 0.3 is 0 Å². The number of ketones is 1. The summed E-state index contributed by atoms with van der Waals surface area (Å²) in [7, 11) is 1.63. The average Bonchev–Trinajstić information content (AvgIpc) is 3.07. The minimum atomic E-state index is -0.162. The predicted octanol–water partition coefficient (Wildman–Crippen LogP) is 4.56. The minimum Gasteiger partial charge on any atom is -0.507 e. The molecule has 0 radical (unpaired) electrons. The van der Waals surface area contributed by atoms with E-state index in [1.54, 1.807) is 31.4 Å². The number of fused-ring (bicyclic) bond motifs is 1. The first-order valence-corrected chi connectivity index (χ1v) is 9.98. The maximum absolute atomic E-state index is 12.8. The molecule has 0 aromatic heterocycles. The fourth-order valence-electron chi connectivity index (χ4n) is 3.85. The Morgan fingerprint density at radius 2 is 1.93 bits per heavy atom. The fourth-order valence-corrected chi connectivity index (χ4v) is 3.85. The lowest BCUT2D eigenvalue weighted by atomic mass is 10.0. The van der Waals surface area contributed by atoms with Gasteiger partial charge < -0.3 is 14.6 Å². The molecule has 2 heterocycles. The Kier molecular flexibility index (Phi) is 5.67. The zero-order valence-electron chi connectivity index (χ0n) is 16.6. The molecule has 2 aliphatic heterocycles. The Labute approximate surface area is 170 Å². The van der Waals surface area contributed by atoms with E-state index in [1.165, 1.54) is 6.42 Å². The fraction of sp³-hybridized carbons (Fsp3) is 0.292. The molecule has 1 saturated heterocycles. The number of para-hydroxylation sites is 1. The Bertz CT molecular complexity index is 971. The van der Waals surface area contributed by atoms with Gasteiger partial charge in [0.25, 0.3) is 0 Å². The summed E-state index contributed by atoms with van der Waals surface area (Å²) in [5.41, 5.74) is 2.11. The number of allylic oxidation sites excluding steroid dienone is 3. The van der Waals surface area contributed by atoms with E-state index in [0.29, 0.717) is 23.4 Å². The van der Waals surface area contributed by atoms with Gasteiger partial charge in [0.2, 0.25) is 5.78 Å². The van der Waals surface area contributed by atoms with Crippen LogP contribution in [0.1, 0.15) is 40.7 Å². The van der Waals surface area contributed by atoms with E-state index in [-0.39, 0.29) is 17.3 Å². The maximum atomic E-state index is 12.8. The largest absolute Gasteiger partial charge is 0.507 e. The monoisotopic (exact) mass is 391 g/mol. The predicted molar refractivity (Wildman–Crippen MR) is 112 cm³/mol. The topological polar surface area (TPSA) is 59.0 Å². The SMILES string of the molecule is COc1ccccc1/C=C/C=C1/Oc2c(ccc(O)c2CN2CCCCC2)C1=O. The lowest BCUT2D eigenvalue weighted by molar-refractivity contribution is 0.101. The molecule has 1 fully saturated rings. The van der Waals surface area contributed by atoms with Crippen molar-refractivity contribution in [3.05, 3.63) is 71.0 Å². The number of ether oxygens (including phenoxy) is 2. The molecule has 0 spiro atoms. The summed E-state index contributed by atoms with van der Waals surface area (Å²) in [5.74, 6) is 1.52. The van der Waals surface area contributed by atoms with E-state index < -0.39 is 0 Å². The van der Waals surface area contributed by atoms with E-state index in [2.05, 4.69) is 4.90 Å². The van der Waals surface area contributed by atoms with Crippen molar-refractivity contribution in [3.63, 3.8) is 0 Å². The van der Waals surface area contributed by atoms with Gasteiger partial charge in [-0.25, -0.2) is 0 Å². The third-order valence-electron chi connectivity index (χ3n) is 5.41. The van der Waals surface area contributed by atoms with Crippen LogP contribution in [0.4, 0.5) is 0 Å². The van der Waals surface area contributed by atoms with Gasteiger partial charge in [-0.05, 0) is 50.2 Å². The first-order chi connectivity index (χ1) is 14.2. The van der Waals surface area contributed by atoms with Gasteiger partial charge in [-0.3, -0.25) is 9.69 Å². The van der Waals surface area contributed by atoms with Crippen LogP contribution in [-0.4, -0.2) is 36.0 Å². The molecule has 0 aliphatic carbocycles. The summed E-state index contributed by atoms with van der Waals surface area (Å²) < 4.78 is 11.2. The number of phenols is 1. The molecular formula is C24H25NO4. The van der Waals surface area contributed by atoms with Crippen LogP contribution in [0, 0.1) is 0 Å². The normalized spacial score (nSPS) is 18.2. The second-order valence-corrected chi connectivity index (χ2v) is 7.34. The smallest absolute Gasteiger partial charge is 0.231 e. The van der Waals surface area contributed by atoms with E-state index in [4.69, 9.17) is 9.47 Å². The highest BCUT2D eigenvalue weighted by atomic mass is 16.5. The van der Waals surface area contributed by atoms with E-state index >= 15 is 0 Å². The van der Waals surface area contributed by atoms with Gasteiger partial charge in [-0.2, -0.15) is 0 Å². The number of carbonyl (C=O) groups excluding carboxylic acids is 1. The van der Waals surface area contributed by atoms with Gasteiger partial charge in [0.05, 0.1) is 18.2 Å². The van der Waals surface area contributed by atoms with Crippen LogP contribution in [-0.2, 0) is 6.54 Å². The summed E-state index contributed by atoms with van der Waals surface area (Å²) >= 11 is 0. The molecule has 2 aromatic carbocycles. The van der Waals surface area contributed by atoms with Gasteiger partial charge in [0.1, 0.15) is 17.2 Å². The Morgan fingerprint density at radius 1 is 1.14 bits per heavy atom. The van der Waals surface area contributed by atoms with Crippen LogP contribution >= 0.6 is 0 Å². The van der Waals surface area contributed by atoms with Crippen molar-refractivity contribution in [2.24, 2.45) is 0 Å². The third-order valence-corrected chi connectivity index (χ3v) is 5.41. The molecule has 5 heteroatoms. The lowest BCUT2D eigenvalue weighted by Gasteiger charge is -2.27. The lowest BCUT2D eigenvalue weighted by Crippen LogP contribution is -2.29. The van der Waals surface area contributed by atoms with Crippen molar-refractivity contribution < 1.29 is 19.4 Å². The number of benzene rings is 2. The van der Waals surface area contributed by atoms with Crippen LogP contribution in [0.25, 0.3) is 6.08 Å². The molecule has 150 valence electrons. The molecular weight excluding hydrogens is 366 g/mol. The molecule has 0 amide bonds. The van der Waals surface area contributed by atoms with E-state index in [0.717, 1.165) is 37.2 Å².